The van der Waals surface area contributed by atoms with Crippen LogP contribution in [0.15, 0.2) is 45.1 Å². The van der Waals surface area contributed by atoms with Gasteiger partial charge in [-0.2, -0.15) is 0 Å². The Morgan fingerprint density at radius 1 is 1.18 bits per heavy atom. The number of aryl methyl sites for hydroxylation is 1. The average molecular weight is 395 g/mol. The molecule has 28 heavy (non-hydrogen) atoms. The fraction of sp³-hybridized carbons (Fsp3) is 0.455. The van der Waals surface area contributed by atoms with Gasteiger partial charge < -0.3 is 0 Å². The summed E-state index contributed by atoms with van der Waals surface area (Å²) < 4.78 is 12.4. The summed E-state index contributed by atoms with van der Waals surface area (Å²) in [5.74, 6) is 0. The Hall–Kier alpha value is -1.95. The van der Waals surface area contributed by atoms with Crippen LogP contribution in [-0.2, 0) is 24.1 Å². The molecule has 0 bridgehead atoms. The maximum absolute atomic E-state index is 10.4. The number of hydrogen-bond donors (Lipinski definition) is 0. The summed E-state index contributed by atoms with van der Waals surface area (Å²) >= 11 is 1.78. The third kappa shape index (κ3) is 6.59. The molecule has 0 fully saturated rings. The van der Waals surface area contributed by atoms with E-state index in [1.54, 1.807) is 11.8 Å². The van der Waals surface area contributed by atoms with Crippen molar-refractivity contribution in [2.24, 2.45) is 10.4 Å². The molecular formula is C22H30BN3OS. The molecule has 0 saturated heterocycles. The summed E-state index contributed by atoms with van der Waals surface area (Å²) in [5.41, 5.74) is 3.76. The normalized spacial score (nSPS) is 12.2. The van der Waals surface area contributed by atoms with Crippen molar-refractivity contribution in [1.82, 2.24) is 9.78 Å². The topological polar surface area (TPSA) is 47.2 Å². The van der Waals surface area contributed by atoms with Crippen molar-refractivity contribution in [3.05, 3.63) is 47.3 Å². The van der Waals surface area contributed by atoms with Gasteiger partial charge in [0.2, 0.25) is 0 Å². The Balaban J connectivity index is 2.20. The molecule has 0 aliphatic rings. The second kappa shape index (κ2) is 10.6. The summed E-state index contributed by atoms with van der Waals surface area (Å²) in [6.07, 6.45) is 7.53. The van der Waals surface area contributed by atoms with Gasteiger partial charge in [-0.25, -0.2) is 0 Å². The first-order valence-corrected chi connectivity index (χ1v) is 10.7. The van der Waals surface area contributed by atoms with Crippen LogP contribution < -0.4 is 0 Å². The van der Waals surface area contributed by atoms with Gasteiger partial charge in [-0.15, -0.1) is 0 Å². The molecule has 0 amide bonds. The van der Waals surface area contributed by atoms with E-state index in [0.29, 0.717) is 20.2 Å². The van der Waals surface area contributed by atoms with Gasteiger partial charge in [-0.3, -0.25) is 0 Å². The molecule has 0 aliphatic carbocycles. The monoisotopic (exact) mass is 395 g/mol. The van der Waals surface area contributed by atoms with E-state index in [-0.39, 0.29) is 5.41 Å². The molecule has 1 aromatic heterocycles. The summed E-state index contributed by atoms with van der Waals surface area (Å²) in [6.45, 7) is 12.2. The van der Waals surface area contributed by atoms with Crippen LogP contribution in [0.5, 0.6) is 0 Å². The van der Waals surface area contributed by atoms with Crippen molar-refractivity contribution >= 4 is 31.1 Å². The van der Waals surface area contributed by atoms with Crippen LogP contribution in [0.25, 0.3) is 6.08 Å². The molecule has 1 aromatic carbocycles. The second-order valence-corrected chi connectivity index (χ2v) is 8.80. The van der Waals surface area contributed by atoms with E-state index < -0.39 is 0 Å². The summed E-state index contributed by atoms with van der Waals surface area (Å²) in [5, 5.41) is 4.79. The van der Waals surface area contributed by atoms with E-state index in [1.165, 1.54) is 27.2 Å². The fourth-order valence-electron chi connectivity index (χ4n) is 2.79. The van der Waals surface area contributed by atoms with E-state index in [2.05, 4.69) is 76.0 Å². The fourth-order valence-corrected chi connectivity index (χ4v) is 3.97. The Labute approximate surface area is 173 Å². The SMILES string of the molecule is CCc1nn(CCN=CB=O)c(CC)c1Sc1ccc(C=CC(C)(C)C)cc1. The number of nitrogens with zero attached hydrogens (tertiary/aromatic N) is 3. The zero-order valence-electron chi connectivity index (χ0n) is 17.6. The zero-order chi connectivity index (χ0) is 20.6. The Kier molecular flexibility index (Phi) is 8.43. The predicted octanol–water partition coefficient (Wildman–Crippen LogP) is 5.30. The predicted molar refractivity (Wildman–Crippen MR) is 120 cm³/mol. The molecule has 0 radical (unpaired) electrons. The minimum atomic E-state index is 0.184. The third-order valence-electron chi connectivity index (χ3n) is 4.23. The molecule has 4 nitrogen and oxygen atoms in total. The first-order chi connectivity index (χ1) is 13.4. The van der Waals surface area contributed by atoms with Gasteiger partial charge in [0.05, 0.1) is 0 Å². The van der Waals surface area contributed by atoms with Crippen molar-refractivity contribution in [1.29, 1.82) is 0 Å². The quantitative estimate of drug-likeness (QED) is 0.428. The van der Waals surface area contributed by atoms with Crippen molar-refractivity contribution in [2.45, 2.75) is 63.8 Å². The van der Waals surface area contributed by atoms with Crippen LogP contribution in [0, 0.1) is 5.41 Å². The molecular weight excluding hydrogens is 365 g/mol. The minimum absolute atomic E-state index is 0.184. The van der Waals surface area contributed by atoms with Gasteiger partial charge in [0, 0.05) is 0 Å². The van der Waals surface area contributed by atoms with E-state index in [0.717, 1.165) is 18.5 Å². The van der Waals surface area contributed by atoms with Crippen molar-refractivity contribution in [2.75, 3.05) is 6.54 Å². The van der Waals surface area contributed by atoms with Crippen LogP contribution >= 0.6 is 11.8 Å². The van der Waals surface area contributed by atoms with Crippen molar-refractivity contribution in [3.63, 3.8) is 0 Å². The van der Waals surface area contributed by atoms with Crippen molar-refractivity contribution in [3.8, 4) is 0 Å². The molecule has 2 rings (SSSR count). The van der Waals surface area contributed by atoms with Gasteiger partial charge in [0.15, 0.2) is 0 Å². The molecule has 6 heteroatoms. The van der Waals surface area contributed by atoms with Gasteiger partial charge in [-0.05, 0) is 5.41 Å². The van der Waals surface area contributed by atoms with Crippen LogP contribution in [-0.4, -0.2) is 29.6 Å². The van der Waals surface area contributed by atoms with E-state index >= 15 is 0 Å². The first-order valence-electron chi connectivity index (χ1n) is 9.87. The van der Waals surface area contributed by atoms with Gasteiger partial charge in [-0.1, -0.05) is 32.9 Å². The third-order valence-corrected chi connectivity index (χ3v) is 5.41. The average Bonchev–Trinajstić information content (AvgIpc) is 3.00. The standard InChI is InChI=1S/C22H30BN3OS/c1-6-19-21(20(7-2)26(25-19)15-14-24-16-23-27)28-18-10-8-17(9-11-18)12-13-22(3,4)5/h8-13,16H,6-7,14-15H2,1-5H3. The van der Waals surface area contributed by atoms with Gasteiger partial charge >= 0.3 is 135 Å². The van der Waals surface area contributed by atoms with E-state index in [4.69, 9.17) is 5.10 Å². The number of rotatable bonds is 9. The Bertz CT molecular complexity index is 833. The summed E-state index contributed by atoms with van der Waals surface area (Å²) in [6, 6.07) is 8.69. The number of benzene rings is 1. The van der Waals surface area contributed by atoms with E-state index in [9.17, 15) is 4.70 Å². The molecule has 148 valence electrons. The maximum atomic E-state index is 10.4. The summed E-state index contributed by atoms with van der Waals surface area (Å²) in [7, 11) is 0.711. The zero-order valence-corrected chi connectivity index (χ0v) is 18.4. The molecule has 0 aliphatic heterocycles. The molecule has 1 heterocycles. The number of hydrogen-bond acceptors (Lipinski definition) is 4. The molecule has 0 atom stereocenters. The molecule has 2 aromatic rings. The van der Waals surface area contributed by atoms with Gasteiger partial charge in [0.1, 0.15) is 0 Å². The van der Waals surface area contributed by atoms with Crippen LogP contribution in [0.1, 0.15) is 51.6 Å². The molecule has 0 spiro atoms. The van der Waals surface area contributed by atoms with Crippen LogP contribution in [0.2, 0.25) is 0 Å². The number of aromatic nitrogens is 2. The summed E-state index contributed by atoms with van der Waals surface area (Å²) in [4.78, 5) is 6.56. The Morgan fingerprint density at radius 2 is 1.89 bits per heavy atom. The molecule has 0 unspecified atom stereocenters. The van der Waals surface area contributed by atoms with E-state index in [1.807, 2.05) is 4.68 Å². The van der Waals surface area contributed by atoms with Gasteiger partial charge in [0.25, 0.3) is 0 Å². The Morgan fingerprint density at radius 3 is 2.46 bits per heavy atom. The second-order valence-electron chi connectivity index (χ2n) is 7.71. The van der Waals surface area contributed by atoms with Crippen molar-refractivity contribution < 1.29 is 4.70 Å². The first kappa shape index (κ1) is 22.3. The van der Waals surface area contributed by atoms with Crippen LogP contribution in [0.3, 0.4) is 0 Å². The number of allylic oxidation sites excluding steroid dienone is 1. The molecule has 0 N–H and O–H groups in total. The van der Waals surface area contributed by atoms with Crippen LogP contribution in [0.4, 0.5) is 0 Å². The molecule has 0 saturated carbocycles. The number of aliphatic imine (C=N–C) groups is 1.